The van der Waals surface area contributed by atoms with Crippen molar-refractivity contribution in [1.29, 1.82) is 0 Å². The van der Waals surface area contributed by atoms with E-state index in [0.29, 0.717) is 0 Å². The van der Waals surface area contributed by atoms with Crippen LogP contribution in [0.25, 0.3) is 0 Å². The minimum atomic E-state index is 1.62. The summed E-state index contributed by atoms with van der Waals surface area (Å²) in [6.07, 6.45) is 0. The zero-order valence-corrected chi connectivity index (χ0v) is 4.43. The Labute approximate surface area is 39.3 Å². The van der Waals surface area contributed by atoms with Crippen LogP contribution in [0.3, 0.4) is 0 Å². The molecule has 0 bridgehead atoms. The highest BCUT2D eigenvalue weighted by Crippen LogP contribution is 1.70. The molecule has 2 nitrogen and oxygen atoms in total. The van der Waals surface area contributed by atoms with Crippen molar-refractivity contribution in [2.45, 2.75) is 6.82 Å². The van der Waals surface area contributed by atoms with E-state index in [-0.39, 0.29) is 0 Å². The van der Waals surface area contributed by atoms with Gasteiger partial charge in [-0.15, -0.1) is 0 Å². The fraction of sp³-hybridized carbons (Fsp3) is 1.00. The molecule has 0 aromatic heterocycles. The van der Waals surface area contributed by atoms with Crippen molar-refractivity contribution < 1.29 is 4.76 Å². The molecule has 0 atom stereocenters. The number of nitrogens with zero attached hydrogens (tertiary/aromatic N) is 1. The first-order valence-electron chi connectivity index (χ1n) is 1.89. The molecule has 0 spiro atoms. The van der Waals surface area contributed by atoms with Gasteiger partial charge in [-0.25, -0.2) is 5.06 Å². The fourth-order valence-electron chi connectivity index (χ4n) is 0.211. The SMILES string of the molecule is C[B]ON(C)C. The zero-order chi connectivity index (χ0) is 4.99. The molecule has 0 aliphatic heterocycles. The Bertz CT molecular complexity index is 32.0. The summed E-state index contributed by atoms with van der Waals surface area (Å²) < 4.78 is 4.75. The highest BCUT2D eigenvalue weighted by atomic mass is 16.6. The number of hydrogen-bond donors (Lipinski definition) is 0. The van der Waals surface area contributed by atoms with Gasteiger partial charge in [0.25, 0.3) is 0 Å². The fourth-order valence-corrected chi connectivity index (χ4v) is 0.211. The highest BCUT2D eigenvalue weighted by molar-refractivity contribution is 6.24. The molecule has 0 rings (SSSR count). The minimum absolute atomic E-state index is 1.62. The summed E-state index contributed by atoms with van der Waals surface area (Å²) in [5.41, 5.74) is 0. The van der Waals surface area contributed by atoms with Crippen LogP contribution in [0.15, 0.2) is 0 Å². The van der Waals surface area contributed by atoms with E-state index in [2.05, 4.69) is 0 Å². The molecular formula is C3H9BNO. The third-order valence-corrected chi connectivity index (χ3v) is 0.316. The second kappa shape index (κ2) is 3.19. The molecule has 0 aromatic rings. The molecule has 1 radical (unpaired) electrons. The van der Waals surface area contributed by atoms with Crippen LogP contribution in [0, 0.1) is 0 Å². The van der Waals surface area contributed by atoms with Crippen molar-refractivity contribution in [1.82, 2.24) is 5.06 Å². The zero-order valence-electron chi connectivity index (χ0n) is 4.43. The van der Waals surface area contributed by atoms with Crippen molar-refractivity contribution in [2.75, 3.05) is 14.1 Å². The lowest BCUT2D eigenvalue weighted by atomic mass is 10.1. The van der Waals surface area contributed by atoms with Crippen LogP contribution in [-0.4, -0.2) is 26.6 Å². The molecule has 0 amide bonds. The van der Waals surface area contributed by atoms with Crippen molar-refractivity contribution in [2.24, 2.45) is 0 Å². The van der Waals surface area contributed by atoms with E-state index in [1.807, 2.05) is 20.9 Å². The molecule has 0 fully saturated rings. The molecule has 0 saturated carbocycles. The van der Waals surface area contributed by atoms with Crippen molar-refractivity contribution >= 4 is 7.48 Å². The molecule has 0 heterocycles. The summed E-state index contributed by atoms with van der Waals surface area (Å²) in [6, 6.07) is 0. The average molecular weight is 85.9 g/mol. The van der Waals surface area contributed by atoms with E-state index >= 15 is 0 Å². The van der Waals surface area contributed by atoms with Gasteiger partial charge in [-0.05, 0) is 0 Å². The topological polar surface area (TPSA) is 12.5 Å². The van der Waals surface area contributed by atoms with Gasteiger partial charge in [0.1, 0.15) is 0 Å². The Hall–Kier alpha value is -0.0151. The van der Waals surface area contributed by atoms with Gasteiger partial charge in [0.15, 0.2) is 0 Å². The molecule has 35 valence electrons. The van der Waals surface area contributed by atoms with Crippen molar-refractivity contribution in [3.05, 3.63) is 0 Å². The smallest absolute Gasteiger partial charge is 0.321 e. The van der Waals surface area contributed by atoms with Gasteiger partial charge < -0.3 is 4.76 Å². The standard InChI is InChI=1S/C3H9BNO/c1-4-6-5(2)3/h1-3H3. The number of hydroxylamine groups is 2. The second-order valence-corrected chi connectivity index (χ2v) is 1.15. The van der Waals surface area contributed by atoms with Gasteiger partial charge >= 0.3 is 7.48 Å². The molecule has 0 aliphatic carbocycles. The lowest BCUT2D eigenvalue weighted by molar-refractivity contribution is 0.00101. The number of rotatable bonds is 2. The van der Waals surface area contributed by atoms with Crippen LogP contribution in [0.5, 0.6) is 0 Å². The predicted octanol–water partition coefficient (Wildman–Crippen LogP) is 0.147. The van der Waals surface area contributed by atoms with Gasteiger partial charge in [-0.1, -0.05) is 6.82 Å². The van der Waals surface area contributed by atoms with E-state index in [0.717, 1.165) is 0 Å². The van der Waals surface area contributed by atoms with Crippen LogP contribution in [0.4, 0.5) is 0 Å². The Morgan fingerprint density at radius 1 is 1.50 bits per heavy atom. The normalized spacial score (nSPS) is 9.33. The van der Waals surface area contributed by atoms with E-state index in [1.165, 1.54) is 0 Å². The molecule has 6 heavy (non-hydrogen) atoms. The highest BCUT2D eigenvalue weighted by Gasteiger charge is 1.81. The predicted molar refractivity (Wildman–Crippen MR) is 26.4 cm³/mol. The Morgan fingerprint density at radius 3 is 2.00 bits per heavy atom. The Kier molecular flexibility index (Phi) is 3.18. The van der Waals surface area contributed by atoms with Gasteiger partial charge in [-0.2, -0.15) is 0 Å². The van der Waals surface area contributed by atoms with E-state index < -0.39 is 0 Å². The summed E-state index contributed by atoms with van der Waals surface area (Å²) in [5, 5.41) is 1.62. The van der Waals surface area contributed by atoms with Gasteiger partial charge in [0, 0.05) is 14.1 Å². The minimum Gasteiger partial charge on any atom is -0.368 e. The maximum absolute atomic E-state index is 4.75. The van der Waals surface area contributed by atoms with Crippen LogP contribution in [0.2, 0.25) is 6.82 Å². The molecule has 3 heteroatoms. The molecule has 0 saturated heterocycles. The lowest BCUT2D eigenvalue weighted by Crippen LogP contribution is -2.13. The van der Waals surface area contributed by atoms with Crippen LogP contribution in [-0.2, 0) is 4.76 Å². The van der Waals surface area contributed by atoms with Crippen LogP contribution >= 0.6 is 0 Å². The van der Waals surface area contributed by atoms with Gasteiger partial charge in [0.05, 0.1) is 0 Å². The van der Waals surface area contributed by atoms with Crippen LogP contribution < -0.4 is 0 Å². The quantitative estimate of drug-likeness (QED) is 0.350. The van der Waals surface area contributed by atoms with E-state index in [1.54, 1.807) is 12.5 Å². The molecular weight excluding hydrogens is 76.9 g/mol. The van der Waals surface area contributed by atoms with Crippen molar-refractivity contribution in [3.8, 4) is 0 Å². The van der Waals surface area contributed by atoms with E-state index in [4.69, 9.17) is 4.76 Å². The summed E-state index contributed by atoms with van der Waals surface area (Å²) >= 11 is 0. The molecule has 0 aliphatic rings. The lowest BCUT2D eigenvalue weighted by Gasteiger charge is -2.05. The third kappa shape index (κ3) is 3.98. The first-order chi connectivity index (χ1) is 2.77. The molecule has 0 N–H and O–H groups in total. The second-order valence-electron chi connectivity index (χ2n) is 1.15. The first kappa shape index (κ1) is 5.98. The third-order valence-electron chi connectivity index (χ3n) is 0.316. The first-order valence-corrected chi connectivity index (χ1v) is 1.89. The van der Waals surface area contributed by atoms with Gasteiger partial charge in [0.2, 0.25) is 0 Å². The summed E-state index contributed by atoms with van der Waals surface area (Å²) in [4.78, 5) is 0. The summed E-state index contributed by atoms with van der Waals surface area (Å²) in [7, 11) is 5.29. The number of hydrogen-bond acceptors (Lipinski definition) is 2. The average Bonchev–Trinajstić information content (AvgIpc) is 1.35. The molecule has 0 aromatic carbocycles. The van der Waals surface area contributed by atoms with Crippen LogP contribution in [0.1, 0.15) is 0 Å². The largest absolute Gasteiger partial charge is 0.368 e. The Balaban J connectivity index is 2.63. The monoisotopic (exact) mass is 86.1 g/mol. The Morgan fingerprint density at radius 2 is 2.00 bits per heavy atom. The van der Waals surface area contributed by atoms with Gasteiger partial charge in [-0.3, -0.25) is 0 Å². The maximum Gasteiger partial charge on any atom is 0.321 e. The van der Waals surface area contributed by atoms with E-state index in [9.17, 15) is 0 Å². The summed E-state index contributed by atoms with van der Waals surface area (Å²) in [5.74, 6) is 0. The maximum atomic E-state index is 4.75. The summed E-state index contributed by atoms with van der Waals surface area (Å²) in [6.45, 7) is 1.83. The molecule has 0 unspecified atom stereocenters. The van der Waals surface area contributed by atoms with Crippen molar-refractivity contribution in [3.63, 3.8) is 0 Å².